The summed E-state index contributed by atoms with van der Waals surface area (Å²) < 4.78 is 5.16. The van der Waals surface area contributed by atoms with E-state index < -0.39 is 0 Å². The van der Waals surface area contributed by atoms with Crippen molar-refractivity contribution in [1.82, 2.24) is 0 Å². The van der Waals surface area contributed by atoms with Crippen LogP contribution in [0.5, 0.6) is 5.75 Å². The molecule has 1 rings (SSSR count). The summed E-state index contributed by atoms with van der Waals surface area (Å²) in [6.07, 6.45) is 0. The van der Waals surface area contributed by atoms with Crippen LogP contribution in [0.15, 0.2) is 34.6 Å². The van der Waals surface area contributed by atoms with E-state index in [1.807, 2.05) is 0 Å². The van der Waals surface area contributed by atoms with Gasteiger partial charge in [-0.3, -0.25) is 10.2 Å². The lowest BCUT2D eigenvalue weighted by molar-refractivity contribution is -0.118. The fourth-order valence-electron chi connectivity index (χ4n) is 1.01. The SMILES string of the molecule is CC(=O)COc1ccc(C(=N)N=NN)cc1. The van der Waals surface area contributed by atoms with E-state index in [9.17, 15) is 4.79 Å². The molecule has 0 amide bonds. The number of ketones is 1. The Morgan fingerprint density at radius 3 is 2.56 bits per heavy atom. The van der Waals surface area contributed by atoms with Crippen LogP contribution in [0.3, 0.4) is 0 Å². The average molecular weight is 220 g/mol. The number of amidine groups is 1. The molecule has 0 aliphatic carbocycles. The second kappa shape index (κ2) is 5.59. The van der Waals surface area contributed by atoms with Gasteiger partial charge in [0.1, 0.15) is 12.4 Å². The number of Topliss-reactive ketones (excluding diaryl/α,β-unsaturated/α-hetero) is 1. The van der Waals surface area contributed by atoms with Gasteiger partial charge in [0.15, 0.2) is 11.6 Å². The van der Waals surface area contributed by atoms with E-state index >= 15 is 0 Å². The molecular formula is C10H12N4O2. The van der Waals surface area contributed by atoms with Crippen LogP contribution in [0.4, 0.5) is 0 Å². The Kier molecular flexibility index (Phi) is 4.14. The molecule has 0 spiro atoms. The minimum absolute atomic E-state index is 0.0272. The Bertz CT molecular complexity index is 411. The maximum absolute atomic E-state index is 10.7. The molecule has 3 N–H and O–H groups in total. The molecule has 0 heterocycles. The van der Waals surface area contributed by atoms with Crippen molar-refractivity contribution in [2.45, 2.75) is 6.92 Å². The lowest BCUT2D eigenvalue weighted by atomic mass is 10.2. The third kappa shape index (κ3) is 3.49. The topological polar surface area (TPSA) is 101 Å². The first-order chi connectivity index (χ1) is 7.63. The summed E-state index contributed by atoms with van der Waals surface area (Å²) in [5.74, 6) is 5.32. The first-order valence-corrected chi connectivity index (χ1v) is 4.55. The van der Waals surface area contributed by atoms with E-state index in [1.165, 1.54) is 6.92 Å². The molecule has 1 aromatic carbocycles. The Balaban J connectivity index is 2.67. The molecule has 6 nitrogen and oxygen atoms in total. The minimum Gasteiger partial charge on any atom is -0.486 e. The van der Waals surface area contributed by atoms with Crippen molar-refractivity contribution < 1.29 is 9.53 Å². The summed E-state index contributed by atoms with van der Waals surface area (Å²) in [7, 11) is 0. The molecule has 6 heteroatoms. The van der Waals surface area contributed by atoms with Crippen LogP contribution in [-0.4, -0.2) is 18.2 Å². The number of hydrogen-bond donors (Lipinski definition) is 2. The summed E-state index contributed by atoms with van der Waals surface area (Å²) >= 11 is 0. The quantitative estimate of drug-likeness (QED) is 0.263. The van der Waals surface area contributed by atoms with Gasteiger partial charge in [-0.2, -0.15) is 0 Å². The van der Waals surface area contributed by atoms with Crippen molar-refractivity contribution in [3.8, 4) is 5.75 Å². The van der Waals surface area contributed by atoms with E-state index in [1.54, 1.807) is 24.3 Å². The van der Waals surface area contributed by atoms with E-state index in [4.69, 9.17) is 16.0 Å². The number of nitrogens with one attached hydrogen (secondary N) is 1. The van der Waals surface area contributed by atoms with Crippen molar-refractivity contribution in [2.24, 2.45) is 16.2 Å². The van der Waals surface area contributed by atoms with Crippen LogP contribution in [-0.2, 0) is 4.79 Å². The average Bonchev–Trinajstić information content (AvgIpc) is 2.27. The van der Waals surface area contributed by atoms with Crippen LogP contribution in [0, 0.1) is 5.41 Å². The highest BCUT2D eigenvalue weighted by molar-refractivity contribution is 5.96. The lowest BCUT2D eigenvalue weighted by Crippen LogP contribution is -2.06. The maximum Gasteiger partial charge on any atom is 0.176 e. The lowest BCUT2D eigenvalue weighted by Gasteiger charge is -2.04. The van der Waals surface area contributed by atoms with Gasteiger partial charge in [-0.05, 0) is 31.2 Å². The maximum atomic E-state index is 10.7. The third-order valence-electron chi connectivity index (χ3n) is 1.73. The fraction of sp³-hybridized carbons (Fsp3) is 0.200. The number of carbonyl (C=O) groups excluding carboxylic acids is 1. The number of benzene rings is 1. The van der Waals surface area contributed by atoms with Gasteiger partial charge >= 0.3 is 0 Å². The molecule has 0 unspecified atom stereocenters. The second-order valence-electron chi connectivity index (χ2n) is 3.08. The highest BCUT2D eigenvalue weighted by Crippen LogP contribution is 2.12. The third-order valence-corrected chi connectivity index (χ3v) is 1.73. The first-order valence-electron chi connectivity index (χ1n) is 4.55. The first kappa shape index (κ1) is 11.8. The Labute approximate surface area is 92.6 Å². The summed E-state index contributed by atoms with van der Waals surface area (Å²) in [6, 6.07) is 6.59. The number of nitrogens with zero attached hydrogens (tertiary/aromatic N) is 2. The van der Waals surface area contributed by atoms with Gasteiger partial charge in [0.2, 0.25) is 0 Å². The van der Waals surface area contributed by atoms with Crippen LogP contribution in [0.1, 0.15) is 12.5 Å². The van der Waals surface area contributed by atoms with Gasteiger partial charge in [-0.25, -0.2) is 0 Å². The largest absolute Gasteiger partial charge is 0.486 e. The fourth-order valence-corrected chi connectivity index (χ4v) is 1.01. The van der Waals surface area contributed by atoms with Crippen LogP contribution < -0.4 is 10.6 Å². The normalized spacial score (nSPS) is 10.3. The van der Waals surface area contributed by atoms with Gasteiger partial charge in [-0.1, -0.05) is 5.22 Å². The predicted octanol–water partition coefficient (Wildman–Crippen LogP) is 1.31. The van der Waals surface area contributed by atoms with Gasteiger partial charge in [-0.15, -0.1) is 5.11 Å². The van der Waals surface area contributed by atoms with Crippen LogP contribution in [0.2, 0.25) is 0 Å². The Morgan fingerprint density at radius 1 is 1.44 bits per heavy atom. The molecule has 0 saturated heterocycles. The van der Waals surface area contributed by atoms with Crippen LogP contribution in [0.25, 0.3) is 0 Å². The molecule has 0 aromatic heterocycles. The molecule has 84 valence electrons. The zero-order chi connectivity index (χ0) is 12.0. The minimum atomic E-state index is -0.0475. The molecule has 0 saturated carbocycles. The number of rotatable bonds is 4. The van der Waals surface area contributed by atoms with Crippen molar-refractivity contribution >= 4 is 11.6 Å². The highest BCUT2D eigenvalue weighted by Gasteiger charge is 2.01. The van der Waals surface area contributed by atoms with Crippen molar-refractivity contribution in [3.05, 3.63) is 29.8 Å². The van der Waals surface area contributed by atoms with E-state index in [-0.39, 0.29) is 18.2 Å². The molecule has 16 heavy (non-hydrogen) atoms. The molecule has 1 aromatic rings. The summed E-state index contributed by atoms with van der Waals surface area (Å²) in [5, 5.41) is 13.8. The van der Waals surface area contributed by atoms with Gasteiger partial charge in [0.05, 0.1) is 0 Å². The molecule has 0 aliphatic heterocycles. The van der Waals surface area contributed by atoms with E-state index in [0.717, 1.165) is 0 Å². The standard InChI is InChI=1S/C10H12N4O2/c1-7(15)6-16-9-4-2-8(3-5-9)10(11)13-14-12/h2-5H,6H2,1H3,(H3,11,12,13). The summed E-state index contributed by atoms with van der Waals surface area (Å²) in [5.41, 5.74) is 0.573. The molecule has 0 fully saturated rings. The smallest absolute Gasteiger partial charge is 0.176 e. The van der Waals surface area contributed by atoms with Crippen molar-refractivity contribution in [1.29, 1.82) is 5.41 Å². The Morgan fingerprint density at radius 2 is 2.06 bits per heavy atom. The van der Waals surface area contributed by atoms with E-state index in [2.05, 4.69) is 10.3 Å². The van der Waals surface area contributed by atoms with Crippen molar-refractivity contribution in [3.63, 3.8) is 0 Å². The zero-order valence-corrected chi connectivity index (χ0v) is 8.80. The van der Waals surface area contributed by atoms with Crippen LogP contribution >= 0.6 is 0 Å². The van der Waals surface area contributed by atoms with Gasteiger partial charge in [0.25, 0.3) is 0 Å². The zero-order valence-electron chi connectivity index (χ0n) is 8.80. The predicted molar refractivity (Wildman–Crippen MR) is 58.5 cm³/mol. The number of hydrogen-bond acceptors (Lipinski definition) is 4. The van der Waals surface area contributed by atoms with Gasteiger partial charge < -0.3 is 10.6 Å². The number of ether oxygens (including phenoxy) is 1. The molecular weight excluding hydrogens is 208 g/mol. The monoisotopic (exact) mass is 220 g/mol. The van der Waals surface area contributed by atoms with Crippen molar-refractivity contribution in [2.75, 3.05) is 6.61 Å². The molecule has 0 bridgehead atoms. The second-order valence-corrected chi connectivity index (χ2v) is 3.08. The highest BCUT2D eigenvalue weighted by atomic mass is 16.5. The number of nitrogens with two attached hydrogens (primary N) is 1. The summed E-state index contributed by atoms with van der Waals surface area (Å²) in [6.45, 7) is 1.49. The van der Waals surface area contributed by atoms with Gasteiger partial charge in [0, 0.05) is 5.56 Å². The van der Waals surface area contributed by atoms with E-state index in [0.29, 0.717) is 11.3 Å². The molecule has 0 aliphatic rings. The summed E-state index contributed by atoms with van der Waals surface area (Å²) in [4.78, 5) is 10.7. The molecule has 0 radical (unpaired) electrons. The molecule has 0 atom stereocenters. The number of carbonyl (C=O) groups is 1. The Hall–Kier alpha value is -2.24.